The number of amides is 2. The summed E-state index contributed by atoms with van der Waals surface area (Å²) in [6, 6.07) is 3.61. The first kappa shape index (κ1) is 25.5. The lowest BCUT2D eigenvalue weighted by Gasteiger charge is -2.28. The van der Waals surface area contributed by atoms with E-state index in [1.54, 1.807) is 0 Å². The SMILES string of the molecule is Cc1cc(C(F)(F)F)cc(N2/C(=N/O)N(C(=O)CCl)C[C@H]2C(=O)N(C)c2ccc(F)c(Cl)c2)n1. The first-order valence-electron chi connectivity index (χ1n) is 9.55. The first-order valence-corrected chi connectivity index (χ1v) is 10.5. The fourth-order valence-corrected chi connectivity index (χ4v) is 3.75. The number of carbonyl (C=O) groups is 2. The Morgan fingerprint density at radius 2 is 1.97 bits per heavy atom. The van der Waals surface area contributed by atoms with Crippen molar-refractivity contribution in [2.45, 2.75) is 19.1 Å². The number of anilines is 2. The van der Waals surface area contributed by atoms with E-state index in [-0.39, 0.29) is 22.2 Å². The highest BCUT2D eigenvalue weighted by Gasteiger charge is 2.46. The average Bonchev–Trinajstić information content (AvgIpc) is 3.18. The molecule has 1 aromatic carbocycles. The molecule has 8 nitrogen and oxygen atoms in total. The normalized spacial score (nSPS) is 17.4. The van der Waals surface area contributed by atoms with Gasteiger partial charge >= 0.3 is 6.18 Å². The molecule has 182 valence electrons. The summed E-state index contributed by atoms with van der Waals surface area (Å²) in [6.45, 7) is 0.912. The largest absolute Gasteiger partial charge is 0.416 e. The Balaban J connectivity index is 2.12. The summed E-state index contributed by atoms with van der Waals surface area (Å²) < 4.78 is 53.8. The summed E-state index contributed by atoms with van der Waals surface area (Å²) in [7, 11) is 1.33. The molecule has 1 saturated heterocycles. The van der Waals surface area contributed by atoms with Crippen LogP contribution >= 0.6 is 23.2 Å². The maximum atomic E-state index is 13.6. The Kier molecular flexibility index (Phi) is 7.22. The zero-order chi connectivity index (χ0) is 25.4. The molecule has 3 rings (SSSR count). The highest BCUT2D eigenvalue weighted by atomic mass is 35.5. The number of benzene rings is 1. The average molecular weight is 522 g/mol. The third kappa shape index (κ3) is 4.87. The van der Waals surface area contributed by atoms with Gasteiger partial charge in [-0.1, -0.05) is 16.8 Å². The van der Waals surface area contributed by atoms with Crippen LogP contribution in [0.5, 0.6) is 0 Å². The number of hydrogen-bond donors (Lipinski definition) is 1. The molecule has 1 fully saturated rings. The summed E-state index contributed by atoms with van der Waals surface area (Å²) in [5.74, 6) is -3.66. The molecule has 2 aromatic rings. The van der Waals surface area contributed by atoms with Gasteiger partial charge in [-0.15, -0.1) is 11.6 Å². The van der Waals surface area contributed by atoms with Gasteiger partial charge in [-0.25, -0.2) is 9.37 Å². The number of pyridine rings is 1. The van der Waals surface area contributed by atoms with E-state index in [0.717, 1.165) is 26.8 Å². The standard InChI is InChI=1S/C20H17Cl2F4N5O3/c1-10-5-11(20(24,25)26)6-16(27-10)31-15(9-30(17(32)8-21)19(31)28-34)18(33)29(2)12-3-4-14(23)13(22)7-12/h3-7,15,34H,8-9H2,1-2H3/b28-19+/t15-/m0/s1. The molecule has 1 atom stereocenters. The molecule has 1 aromatic heterocycles. The number of alkyl halides is 4. The number of halogens is 6. The minimum Gasteiger partial charge on any atom is -0.408 e. The number of aromatic nitrogens is 1. The lowest BCUT2D eigenvalue weighted by Crippen LogP contribution is -2.47. The van der Waals surface area contributed by atoms with Gasteiger partial charge in [0.1, 0.15) is 23.6 Å². The monoisotopic (exact) mass is 521 g/mol. The predicted octanol–water partition coefficient (Wildman–Crippen LogP) is 3.87. The maximum Gasteiger partial charge on any atom is 0.416 e. The fraction of sp³-hybridized carbons (Fsp3) is 0.300. The van der Waals surface area contributed by atoms with Crippen LogP contribution in [-0.2, 0) is 15.8 Å². The van der Waals surface area contributed by atoms with Crippen molar-refractivity contribution in [2.24, 2.45) is 5.16 Å². The first-order chi connectivity index (χ1) is 15.9. The topological polar surface area (TPSA) is 89.3 Å². The van der Waals surface area contributed by atoms with Gasteiger partial charge in [-0.3, -0.25) is 19.4 Å². The van der Waals surface area contributed by atoms with Gasteiger partial charge in [0.15, 0.2) is 0 Å². The number of aryl methyl sites for hydroxylation is 1. The Bertz CT molecular complexity index is 1160. The third-order valence-electron chi connectivity index (χ3n) is 5.05. The van der Waals surface area contributed by atoms with Gasteiger partial charge in [0, 0.05) is 18.4 Å². The summed E-state index contributed by atoms with van der Waals surface area (Å²) in [5.41, 5.74) is -0.914. The molecule has 0 unspecified atom stereocenters. The van der Waals surface area contributed by atoms with E-state index in [9.17, 15) is 32.4 Å². The van der Waals surface area contributed by atoms with E-state index in [1.165, 1.54) is 26.1 Å². The zero-order valence-electron chi connectivity index (χ0n) is 17.6. The smallest absolute Gasteiger partial charge is 0.408 e. The van der Waals surface area contributed by atoms with Crippen LogP contribution in [0.4, 0.5) is 29.1 Å². The van der Waals surface area contributed by atoms with E-state index >= 15 is 0 Å². The summed E-state index contributed by atoms with van der Waals surface area (Å²) in [4.78, 5) is 32.6. The van der Waals surface area contributed by atoms with Gasteiger partial charge in [0.2, 0.25) is 5.91 Å². The van der Waals surface area contributed by atoms with E-state index in [1.807, 2.05) is 0 Å². The van der Waals surface area contributed by atoms with Crippen LogP contribution in [0.3, 0.4) is 0 Å². The molecule has 14 heteroatoms. The van der Waals surface area contributed by atoms with Gasteiger partial charge < -0.3 is 10.1 Å². The number of likely N-dealkylation sites (N-methyl/N-ethyl adjacent to an activating group) is 1. The minimum absolute atomic E-state index is 0.0332. The molecule has 2 amide bonds. The van der Waals surface area contributed by atoms with Crippen molar-refractivity contribution in [1.82, 2.24) is 9.88 Å². The van der Waals surface area contributed by atoms with E-state index in [2.05, 4.69) is 10.1 Å². The summed E-state index contributed by atoms with van der Waals surface area (Å²) >= 11 is 11.4. The fourth-order valence-electron chi connectivity index (χ4n) is 3.43. The number of rotatable bonds is 4. The van der Waals surface area contributed by atoms with Crippen molar-refractivity contribution in [3.63, 3.8) is 0 Å². The number of hydrogen-bond acceptors (Lipinski definition) is 5. The molecule has 2 heterocycles. The van der Waals surface area contributed by atoms with Crippen molar-refractivity contribution in [3.8, 4) is 0 Å². The van der Waals surface area contributed by atoms with E-state index < -0.39 is 53.8 Å². The third-order valence-corrected chi connectivity index (χ3v) is 5.57. The predicted molar refractivity (Wildman–Crippen MR) is 117 cm³/mol. The molecule has 1 aliphatic heterocycles. The zero-order valence-corrected chi connectivity index (χ0v) is 19.2. The van der Waals surface area contributed by atoms with Gasteiger partial charge in [0.25, 0.3) is 11.9 Å². The van der Waals surface area contributed by atoms with Crippen molar-refractivity contribution in [2.75, 3.05) is 29.3 Å². The lowest BCUT2D eigenvalue weighted by atomic mass is 10.1. The van der Waals surface area contributed by atoms with E-state index in [4.69, 9.17) is 23.2 Å². The van der Waals surface area contributed by atoms with Crippen LogP contribution < -0.4 is 9.80 Å². The quantitative estimate of drug-likeness (QED) is 0.285. The Hall–Kier alpha value is -3.12. The Labute approximate surface area is 201 Å². The minimum atomic E-state index is -4.73. The van der Waals surface area contributed by atoms with Crippen LogP contribution in [0.25, 0.3) is 0 Å². The van der Waals surface area contributed by atoms with Crippen LogP contribution in [-0.4, -0.2) is 58.4 Å². The molecule has 0 radical (unpaired) electrons. The molecule has 0 bridgehead atoms. The van der Waals surface area contributed by atoms with Crippen molar-refractivity contribution < 1.29 is 32.4 Å². The number of oxime groups is 1. The number of guanidine groups is 1. The molecular formula is C20H17Cl2F4N5O3. The molecular weight excluding hydrogens is 505 g/mol. The number of nitrogens with zero attached hydrogens (tertiary/aromatic N) is 5. The lowest BCUT2D eigenvalue weighted by molar-refractivity contribution is -0.137. The van der Waals surface area contributed by atoms with Gasteiger partial charge in [0.05, 0.1) is 17.1 Å². The van der Waals surface area contributed by atoms with Gasteiger partial charge in [-0.2, -0.15) is 13.2 Å². The molecule has 0 aliphatic carbocycles. The van der Waals surface area contributed by atoms with Crippen molar-refractivity contribution >= 4 is 52.5 Å². The van der Waals surface area contributed by atoms with Crippen molar-refractivity contribution in [3.05, 3.63) is 52.4 Å². The second-order valence-electron chi connectivity index (χ2n) is 7.27. The molecule has 1 N–H and O–H groups in total. The van der Waals surface area contributed by atoms with Crippen molar-refractivity contribution in [1.29, 1.82) is 0 Å². The van der Waals surface area contributed by atoms with Gasteiger partial charge in [-0.05, 0) is 37.3 Å². The highest BCUT2D eigenvalue weighted by Crippen LogP contribution is 2.34. The van der Waals surface area contributed by atoms with Crippen LogP contribution in [0.1, 0.15) is 11.3 Å². The van der Waals surface area contributed by atoms with Crippen LogP contribution in [0, 0.1) is 12.7 Å². The molecule has 0 saturated carbocycles. The Morgan fingerprint density at radius 3 is 2.53 bits per heavy atom. The maximum absolute atomic E-state index is 13.6. The second-order valence-corrected chi connectivity index (χ2v) is 7.95. The number of carbonyl (C=O) groups excluding carboxylic acids is 2. The molecule has 1 aliphatic rings. The molecule has 34 heavy (non-hydrogen) atoms. The molecule has 0 spiro atoms. The van der Waals surface area contributed by atoms with Crippen LogP contribution in [0.15, 0.2) is 35.5 Å². The second kappa shape index (κ2) is 9.63. The van der Waals surface area contributed by atoms with E-state index in [0.29, 0.717) is 6.07 Å². The summed E-state index contributed by atoms with van der Waals surface area (Å²) in [5, 5.41) is 12.4. The summed E-state index contributed by atoms with van der Waals surface area (Å²) in [6.07, 6.45) is -4.73. The Morgan fingerprint density at radius 1 is 1.29 bits per heavy atom. The highest BCUT2D eigenvalue weighted by molar-refractivity contribution is 6.31. The van der Waals surface area contributed by atoms with Crippen LogP contribution in [0.2, 0.25) is 5.02 Å².